The minimum Gasteiger partial charge on any atom is -0.370 e. The van der Waals surface area contributed by atoms with Crippen molar-refractivity contribution in [2.24, 2.45) is 10.7 Å². The van der Waals surface area contributed by atoms with Crippen LogP contribution in [0.2, 0.25) is 0 Å². The van der Waals surface area contributed by atoms with E-state index in [2.05, 4.69) is 24.2 Å². The summed E-state index contributed by atoms with van der Waals surface area (Å²) < 4.78 is 25.5. The van der Waals surface area contributed by atoms with Gasteiger partial charge >= 0.3 is 0 Å². The van der Waals surface area contributed by atoms with Gasteiger partial charge in [-0.2, -0.15) is 0 Å². The first-order valence-corrected chi connectivity index (χ1v) is 7.04. The molecule has 0 radical (unpaired) electrons. The van der Waals surface area contributed by atoms with E-state index in [1.165, 1.54) is 0 Å². The Hall–Kier alpha value is -0.920. The number of alkyl halides is 2. The molecule has 0 amide bonds. The number of hydrogen-bond donors (Lipinski definition) is 2. The summed E-state index contributed by atoms with van der Waals surface area (Å²) in [6, 6.07) is 5.72. The van der Waals surface area contributed by atoms with Crippen LogP contribution in [0.1, 0.15) is 37.8 Å². The number of aliphatic imine (C=N–C) groups is 1. The quantitative estimate of drug-likeness (QED) is 0.450. The smallest absolute Gasteiger partial charge is 0.252 e. The molecule has 0 saturated heterocycles. The van der Waals surface area contributed by atoms with Crippen LogP contribution in [-0.2, 0) is 12.8 Å². The number of anilines is 1. The number of hydrogen-bond acceptors (Lipinski definition) is 1. The maximum atomic E-state index is 12.8. The molecular formula is C15H22F2IN3. The van der Waals surface area contributed by atoms with E-state index in [0.29, 0.717) is 0 Å². The topological polar surface area (TPSA) is 50.4 Å². The molecule has 3 nitrogen and oxygen atoms in total. The van der Waals surface area contributed by atoms with Gasteiger partial charge in [0.2, 0.25) is 0 Å². The maximum absolute atomic E-state index is 12.8. The molecular weight excluding hydrogens is 387 g/mol. The van der Waals surface area contributed by atoms with Crippen molar-refractivity contribution in [3.05, 3.63) is 29.3 Å². The van der Waals surface area contributed by atoms with Gasteiger partial charge in [-0.25, -0.2) is 13.8 Å². The summed E-state index contributed by atoms with van der Waals surface area (Å²) in [5, 5.41) is 3.09. The van der Waals surface area contributed by atoms with Crippen LogP contribution in [0.4, 0.5) is 14.5 Å². The van der Waals surface area contributed by atoms with Crippen LogP contribution in [0, 0.1) is 0 Å². The van der Waals surface area contributed by atoms with E-state index in [4.69, 9.17) is 5.73 Å². The SMILES string of the molecule is CCc1cccc(CC)c1NC(N)=NC1CC(F)(F)C1.I. The Kier molecular flexibility index (Phi) is 6.37. The summed E-state index contributed by atoms with van der Waals surface area (Å²) in [6.45, 7) is 4.14. The van der Waals surface area contributed by atoms with Crippen LogP contribution in [0.5, 0.6) is 0 Å². The predicted octanol–water partition coefficient (Wildman–Crippen LogP) is 3.95. The molecule has 0 heterocycles. The maximum Gasteiger partial charge on any atom is 0.252 e. The molecule has 0 bridgehead atoms. The number of nitrogens with one attached hydrogen (secondary N) is 1. The van der Waals surface area contributed by atoms with Crippen molar-refractivity contribution in [2.45, 2.75) is 51.5 Å². The van der Waals surface area contributed by atoms with Crippen LogP contribution in [0.3, 0.4) is 0 Å². The standard InChI is InChI=1S/C15H21F2N3.HI/c1-3-10-6-5-7-11(4-2)13(10)20-14(18)19-12-8-15(16,17)9-12;/h5-7,12H,3-4,8-9H2,1-2H3,(H3,18,19,20);1H. The number of guanidine groups is 1. The number of aryl methyl sites for hydroxylation is 2. The van der Waals surface area contributed by atoms with Gasteiger partial charge in [-0.15, -0.1) is 24.0 Å². The molecule has 0 aliphatic heterocycles. The molecule has 3 N–H and O–H groups in total. The average Bonchev–Trinajstić information content (AvgIpc) is 2.36. The van der Waals surface area contributed by atoms with Gasteiger partial charge in [-0.1, -0.05) is 32.0 Å². The Labute approximate surface area is 141 Å². The van der Waals surface area contributed by atoms with Gasteiger partial charge in [0.25, 0.3) is 5.92 Å². The Bertz CT molecular complexity index is 487. The Morgan fingerprint density at radius 3 is 2.24 bits per heavy atom. The molecule has 1 aromatic rings. The third-order valence-corrected chi connectivity index (χ3v) is 3.64. The molecule has 0 spiro atoms. The van der Waals surface area contributed by atoms with Gasteiger partial charge in [-0.3, -0.25) is 0 Å². The van der Waals surface area contributed by atoms with Crippen LogP contribution >= 0.6 is 24.0 Å². The first-order chi connectivity index (χ1) is 9.45. The van der Waals surface area contributed by atoms with Gasteiger partial charge in [0.05, 0.1) is 6.04 Å². The van der Waals surface area contributed by atoms with E-state index in [1.54, 1.807) is 0 Å². The van der Waals surface area contributed by atoms with Gasteiger partial charge in [0.15, 0.2) is 5.96 Å². The molecule has 118 valence electrons. The van der Waals surface area contributed by atoms with E-state index in [1.807, 2.05) is 18.2 Å². The van der Waals surface area contributed by atoms with Crippen LogP contribution in [0.15, 0.2) is 23.2 Å². The molecule has 1 aromatic carbocycles. The minimum absolute atomic E-state index is 0. The molecule has 0 atom stereocenters. The molecule has 21 heavy (non-hydrogen) atoms. The third kappa shape index (κ3) is 4.52. The molecule has 6 heteroatoms. The summed E-state index contributed by atoms with van der Waals surface area (Å²) in [7, 11) is 0. The van der Waals surface area contributed by atoms with Crippen LogP contribution < -0.4 is 11.1 Å². The molecule has 1 fully saturated rings. The van der Waals surface area contributed by atoms with E-state index >= 15 is 0 Å². The van der Waals surface area contributed by atoms with Gasteiger partial charge < -0.3 is 11.1 Å². The molecule has 1 aliphatic carbocycles. The lowest BCUT2D eigenvalue weighted by Crippen LogP contribution is -2.40. The lowest BCUT2D eigenvalue weighted by molar-refractivity contribution is -0.0834. The summed E-state index contributed by atoms with van der Waals surface area (Å²) in [6.07, 6.45) is 1.35. The molecule has 0 aromatic heterocycles. The monoisotopic (exact) mass is 409 g/mol. The van der Waals surface area contributed by atoms with E-state index in [-0.39, 0.29) is 48.8 Å². The van der Waals surface area contributed by atoms with Crippen molar-refractivity contribution in [2.75, 3.05) is 5.32 Å². The summed E-state index contributed by atoms with van der Waals surface area (Å²) in [5.41, 5.74) is 9.12. The zero-order chi connectivity index (χ0) is 14.8. The normalized spacial score (nSPS) is 17.8. The molecule has 0 unspecified atom stereocenters. The highest BCUT2D eigenvalue weighted by Crippen LogP contribution is 2.39. The highest BCUT2D eigenvalue weighted by atomic mass is 127. The van der Waals surface area contributed by atoms with Crippen molar-refractivity contribution >= 4 is 35.6 Å². The zero-order valence-corrected chi connectivity index (χ0v) is 14.7. The Morgan fingerprint density at radius 1 is 1.29 bits per heavy atom. The van der Waals surface area contributed by atoms with Gasteiger partial charge in [0.1, 0.15) is 0 Å². The van der Waals surface area contributed by atoms with Crippen molar-refractivity contribution in [3.63, 3.8) is 0 Å². The average molecular weight is 409 g/mol. The highest BCUT2D eigenvalue weighted by Gasteiger charge is 2.45. The Balaban J connectivity index is 0.00000220. The number of nitrogens with two attached hydrogens (primary N) is 1. The third-order valence-electron chi connectivity index (χ3n) is 3.64. The Morgan fingerprint density at radius 2 is 1.81 bits per heavy atom. The lowest BCUT2D eigenvalue weighted by atomic mass is 9.89. The van der Waals surface area contributed by atoms with Gasteiger partial charge in [-0.05, 0) is 24.0 Å². The molecule has 2 rings (SSSR count). The molecule has 1 saturated carbocycles. The number of halogens is 3. The van der Waals surface area contributed by atoms with E-state index in [0.717, 1.165) is 29.7 Å². The van der Waals surface area contributed by atoms with Crippen molar-refractivity contribution in [1.29, 1.82) is 0 Å². The van der Waals surface area contributed by atoms with Crippen LogP contribution in [-0.4, -0.2) is 17.9 Å². The number of nitrogens with zero attached hydrogens (tertiary/aromatic N) is 1. The fourth-order valence-corrected chi connectivity index (χ4v) is 2.48. The molecule has 1 aliphatic rings. The van der Waals surface area contributed by atoms with Gasteiger partial charge in [0, 0.05) is 18.5 Å². The highest BCUT2D eigenvalue weighted by molar-refractivity contribution is 14.0. The number of para-hydroxylation sites is 1. The van der Waals surface area contributed by atoms with Crippen molar-refractivity contribution < 1.29 is 8.78 Å². The number of benzene rings is 1. The second-order valence-electron chi connectivity index (χ2n) is 5.22. The summed E-state index contributed by atoms with van der Waals surface area (Å²) in [4.78, 5) is 4.13. The number of rotatable bonds is 4. The first kappa shape index (κ1) is 18.1. The van der Waals surface area contributed by atoms with Crippen molar-refractivity contribution in [3.8, 4) is 0 Å². The van der Waals surface area contributed by atoms with E-state index in [9.17, 15) is 8.78 Å². The first-order valence-electron chi connectivity index (χ1n) is 7.04. The largest absolute Gasteiger partial charge is 0.370 e. The second-order valence-corrected chi connectivity index (χ2v) is 5.22. The van der Waals surface area contributed by atoms with Crippen molar-refractivity contribution in [1.82, 2.24) is 0 Å². The summed E-state index contributed by atoms with van der Waals surface area (Å²) >= 11 is 0. The minimum atomic E-state index is -2.57. The lowest BCUT2D eigenvalue weighted by Gasteiger charge is -2.32. The van der Waals surface area contributed by atoms with Crippen LogP contribution in [0.25, 0.3) is 0 Å². The zero-order valence-electron chi connectivity index (χ0n) is 12.3. The van der Waals surface area contributed by atoms with E-state index < -0.39 is 5.92 Å². The summed E-state index contributed by atoms with van der Waals surface area (Å²) in [5.74, 6) is -2.34. The predicted molar refractivity (Wildman–Crippen MR) is 93.8 cm³/mol. The fraction of sp³-hybridized carbons (Fsp3) is 0.533. The fourth-order valence-electron chi connectivity index (χ4n) is 2.48. The second kappa shape index (κ2) is 7.38.